The van der Waals surface area contributed by atoms with Crippen molar-refractivity contribution < 1.29 is 9.18 Å². The Morgan fingerprint density at radius 1 is 1.10 bits per heavy atom. The molecule has 0 radical (unpaired) electrons. The second-order valence-electron chi connectivity index (χ2n) is 7.48. The topological polar surface area (TPSA) is 61.4 Å². The monoisotopic (exact) mass is 415 g/mol. The van der Waals surface area contributed by atoms with Crippen molar-refractivity contribution in [3.8, 4) is 0 Å². The predicted molar refractivity (Wildman–Crippen MR) is 114 cm³/mol. The van der Waals surface area contributed by atoms with Gasteiger partial charge in [-0.15, -0.1) is 0 Å². The Bertz CT molecular complexity index is 837. The van der Waals surface area contributed by atoms with Crippen LogP contribution in [0.15, 0.2) is 41.7 Å². The third-order valence-electron chi connectivity index (χ3n) is 5.50. The Balaban J connectivity index is 1.30. The molecule has 1 aliphatic carbocycles. The molecule has 2 heterocycles. The van der Waals surface area contributed by atoms with E-state index in [2.05, 4.69) is 25.1 Å². The lowest BCUT2D eigenvalue weighted by Crippen LogP contribution is -2.47. The molecule has 2 fully saturated rings. The molecule has 0 bridgehead atoms. The van der Waals surface area contributed by atoms with Gasteiger partial charge in [-0.05, 0) is 25.0 Å². The lowest BCUT2D eigenvalue weighted by atomic mass is 10.2. The SMILES string of the molecule is O=C(CSc1cc(N2CCN(c3ccccc3F)CC2)ncn1)NC1CCCC1. The van der Waals surface area contributed by atoms with Gasteiger partial charge in [0.25, 0.3) is 0 Å². The number of aromatic nitrogens is 2. The van der Waals surface area contributed by atoms with Crippen molar-refractivity contribution >= 4 is 29.2 Å². The summed E-state index contributed by atoms with van der Waals surface area (Å²) in [7, 11) is 0. The minimum absolute atomic E-state index is 0.0700. The number of rotatable bonds is 6. The molecule has 29 heavy (non-hydrogen) atoms. The summed E-state index contributed by atoms with van der Waals surface area (Å²) in [6.07, 6.45) is 6.14. The average Bonchev–Trinajstić information content (AvgIpc) is 3.26. The minimum atomic E-state index is -0.183. The van der Waals surface area contributed by atoms with Crippen LogP contribution in [0.4, 0.5) is 15.9 Å². The summed E-state index contributed by atoms with van der Waals surface area (Å²) in [6, 6.07) is 9.17. The first-order valence-corrected chi connectivity index (χ1v) is 11.2. The summed E-state index contributed by atoms with van der Waals surface area (Å²) in [6.45, 7) is 2.99. The van der Waals surface area contributed by atoms with Crippen molar-refractivity contribution in [2.24, 2.45) is 0 Å². The second kappa shape index (κ2) is 9.43. The van der Waals surface area contributed by atoms with E-state index in [9.17, 15) is 9.18 Å². The standard InChI is InChI=1S/C21H26FN5OS/c22-17-7-3-4-8-18(17)26-9-11-27(12-10-26)19-13-21(24-15-23-19)29-14-20(28)25-16-5-1-2-6-16/h3-4,7-8,13,15-16H,1-2,5-6,9-12,14H2,(H,25,28). The Kier molecular flexibility index (Phi) is 6.49. The van der Waals surface area contributed by atoms with E-state index in [1.54, 1.807) is 12.4 Å². The zero-order chi connectivity index (χ0) is 20.1. The minimum Gasteiger partial charge on any atom is -0.366 e. The van der Waals surface area contributed by atoms with Gasteiger partial charge in [0.05, 0.1) is 11.4 Å². The molecule has 154 valence electrons. The molecular formula is C21H26FN5OS. The Morgan fingerprint density at radius 3 is 2.59 bits per heavy atom. The summed E-state index contributed by atoms with van der Waals surface area (Å²) in [5.74, 6) is 1.11. The van der Waals surface area contributed by atoms with E-state index in [1.807, 2.05) is 18.2 Å². The van der Waals surface area contributed by atoms with Gasteiger partial charge in [0.2, 0.25) is 5.91 Å². The van der Waals surface area contributed by atoms with Crippen LogP contribution >= 0.6 is 11.8 Å². The fraction of sp³-hybridized carbons (Fsp3) is 0.476. The number of benzene rings is 1. The molecule has 1 saturated heterocycles. The van der Waals surface area contributed by atoms with Crippen LogP contribution in [0.1, 0.15) is 25.7 Å². The van der Waals surface area contributed by atoms with Crippen LogP contribution in [0.3, 0.4) is 0 Å². The van der Waals surface area contributed by atoms with E-state index in [0.29, 0.717) is 17.5 Å². The predicted octanol–water partition coefficient (Wildman–Crippen LogP) is 3.09. The number of anilines is 2. The summed E-state index contributed by atoms with van der Waals surface area (Å²) in [4.78, 5) is 25.1. The fourth-order valence-electron chi connectivity index (χ4n) is 3.95. The maximum absolute atomic E-state index is 14.0. The van der Waals surface area contributed by atoms with Gasteiger partial charge in [-0.2, -0.15) is 0 Å². The van der Waals surface area contributed by atoms with Gasteiger partial charge in [0, 0.05) is 38.3 Å². The summed E-state index contributed by atoms with van der Waals surface area (Å²) in [5, 5.41) is 3.90. The molecule has 2 aliphatic rings. The number of carbonyl (C=O) groups is 1. The van der Waals surface area contributed by atoms with Gasteiger partial charge in [-0.25, -0.2) is 14.4 Å². The normalized spacial score (nSPS) is 17.6. The molecule has 0 atom stereocenters. The highest BCUT2D eigenvalue weighted by Gasteiger charge is 2.21. The van der Waals surface area contributed by atoms with Crippen LogP contribution in [-0.4, -0.2) is 53.8 Å². The van der Waals surface area contributed by atoms with Crippen LogP contribution < -0.4 is 15.1 Å². The highest BCUT2D eigenvalue weighted by Crippen LogP contribution is 2.24. The highest BCUT2D eigenvalue weighted by atomic mass is 32.2. The van der Waals surface area contributed by atoms with Crippen LogP contribution in [-0.2, 0) is 4.79 Å². The van der Waals surface area contributed by atoms with Crippen molar-refractivity contribution in [1.82, 2.24) is 15.3 Å². The van der Waals surface area contributed by atoms with E-state index in [-0.39, 0.29) is 11.7 Å². The summed E-state index contributed by atoms with van der Waals surface area (Å²) >= 11 is 1.44. The maximum Gasteiger partial charge on any atom is 0.230 e. The Morgan fingerprint density at radius 2 is 1.83 bits per heavy atom. The molecule has 2 aromatic rings. The zero-order valence-electron chi connectivity index (χ0n) is 16.4. The first-order chi connectivity index (χ1) is 14.2. The van der Waals surface area contributed by atoms with E-state index in [0.717, 1.165) is 49.9 Å². The van der Waals surface area contributed by atoms with Crippen molar-refractivity contribution in [2.45, 2.75) is 36.8 Å². The molecule has 6 nitrogen and oxygen atoms in total. The molecule has 1 aliphatic heterocycles. The highest BCUT2D eigenvalue weighted by molar-refractivity contribution is 7.99. The second-order valence-corrected chi connectivity index (χ2v) is 8.47. The number of nitrogens with one attached hydrogen (secondary N) is 1. The van der Waals surface area contributed by atoms with Gasteiger partial charge in [-0.1, -0.05) is 36.7 Å². The Labute approximate surface area is 174 Å². The third-order valence-corrected chi connectivity index (χ3v) is 6.42. The molecule has 1 aromatic heterocycles. The number of nitrogens with zero attached hydrogens (tertiary/aromatic N) is 4. The Hall–Kier alpha value is -2.35. The molecule has 1 N–H and O–H groups in total. The number of para-hydroxylation sites is 1. The zero-order valence-corrected chi connectivity index (χ0v) is 17.2. The lowest BCUT2D eigenvalue weighted by molar-refractivity contribution is -0.119. The number of thioether (sulfide) groups is 1. The first kappa shape index (κ1) is 19.9. The number of hydrogen-bond acceptors (Lipinski definition) is 6. The smallest absolute Gasteiger partial charge is 0.230 e. The molecule has 1 amide bonds. The number of piperazine rings is 1. The number of carbonyl (C=O) groups excluding carboxylic acids is 1. The van der Waals surface area contributed by atoms with Gasteiger partial charge >= 0.3 is 0 Å². The lowest BCUT2D eigenvalue weighted by Gasteiger charge is -2.36. The van der Waals surface area contributed by atoms with Crippen LogP contribution in [0, 0.1) is 5.82 Å². The molecule has 4 rings (SSSR count). The van der Waals surface area contributed by atoms with Gasteiger partial charge in [0.15, 0.2) is 0 Å². The molecule has 0 spiro atoms. The maximum atomic E-state index is 14.0. The van der Waals surface area contributed by atoms with E-state index < -0.39 is 0 Å². The third kappa shape index (κ3) is 5.18. The van der Waals surface area contributed by atoms with Gasteiger partial charge in [-0.3, -0.25) is 4.79 Å². The first-order valence-electron chi connectivity index (χ1n) is 10.2. The van der Waals surface area contributed by atoms with Crippen molar-refractivity contribution in [2.75, 3.05) is 41.7 Å². The van der Waals surface area contributed by atoms with Crippen LogP contribution in [0.25, 0.3) is 0 Å². The molecule has 1 saturated carbocycles. The van der Waals surface area contributed by atoms with Gasteiger partial charge < -0.3 is 15.1 Å². The van der Waals surface area contributed by atoms with Crippen LogP contribution in [0.5, 0.6) is 0 Å². The number of amides is 1. The van der Waals surface area contributed by atoms with Crippen molar-refractivity contribution in [3.05, 3.63) is 42.5 Å². The van der Waals surface area contributed by atoms with Crippen molar-refractivity contribution in [3.63, 3.8) is 0 Å². The average molecular weight is 416 g/mol. The summed E-state index contributed by atoms with van der Waals surface area (Å²) < 4.78 is 14.0. The van der Waals surface area contributed by atoms with E-state index in [4.69, 9.17) is 0 Å². The van der Waals surface area contributed by atoms with Crippen molar-refractivity contribution in [1.29, 1.82) is 0 Å². The van der Waals surface area contributed by atoms with E-state index >= 15 is 0 Å². The molecular weight excluding hydrogens is 389 g/mol. The summed E-state index contributed by atoms with van der Waals surface area (Å²) in [5.41, 5.74) is 0.652. The van der Waals surface area contributed by atoms with Crippen LogP contribution in [0.2, 0.25) is 0 Å². The van der Waals surface area contributed by atoms with E-state index in [1.165, 1.54) is 30.7 Å². The number of hydrogen-bond donors (Lipinski definition) is 1. The fourth-order valence-corrected chi connectivity index (χ4v) is 4.62. The molecule has 1 aromatic carbocycles. The number of halogens is 1. The van der Waals surface area contributed by atoms with Gasteiger partial charge in [0.1, 0.15) is 23.0 Å². The largest absolute Gasteiger partial charge is 0.366 e. The molecule has 0 unspecified atom stereocenters. The molecule has 8 heteroatoms. The quantitative estimate of drug-likeness (QED) is 0.578.